The lowest BCUT2D eigenvalue weighted by Gasteiger charge is -2.28. The van der Waals surface area contributed by atoms with Gasteiger partial charge in [-0.25, -0.2) is 29.2 Å². The van der Waals surface area contributed by atoms with Crippen molar-refractivity contribution in [2.45, 2.75) is 52.0 Å². The number of halogens is 2. The van der Waals surface area contributed by atoms with Gasteiger partial charge in [0.1, 0.15) is 22.9 Å². The maximum Gasteiger partial charge on any atom is 0.434 e. The number of nitrogens with zero attached hydrogens (tertiary/aromatic N) is 6. The second-order valence-electron chi connectivity index (χ2n) is 10.3. The molecule has 0 radical (unpaired) electrons. The van der Waals surface area contributed by atoms with Crippen LogP contribution in [0.2, 0.25) is 5.02 Å². The highest BCUT2D eigenvalue weighted by atomic mass is 35.5. The third-order valence-corrected chi connectivity index (χ3v) is 7.78. The first-order valence-electron chi connectivity index (χ1n) is 13.1. The predicted molar refractivity (Wildman–Crippen MR) is 145 cm³/mol. The number of aromatic nitrogens is 7. The van der Waals surface area contributed by atoms with E-state index >= 15 is 0 Å². The number of rotatable bonds is 6. The smallest absolute Gasteiger partial charge is 0.384 e. The van der Waals surface area contributed by atoms with Crippen molar-refractivity contribution in [3.63, 3.8) is 0 Å². The van der Waals surface area contributed by atoms with E-state index in [0.717, 1.165) is 12.8 Å². The number of benzene rings is 1. The molecule has 1 unspecified atom stereocenters. The summed E-state index contributed by atoms with van der Waals surface area (Å²) in [6, 6.07) is 8.51. The summed E-state index contributed by atoms with van der Waals surface area (Å²) in [5.74, 6) is 0.485. The quantitative estimate of drug-likeness (QED) is 0.277. The summed E-state index contributed by atoms with van der Waals surface area (Å²) in [7, 11) is 0. The van der Waals surface area contributed by atoms with Crippen molar-refractivity contribution >= 4 is 22.8 Å². The Kier molecular flexibility index (Phi) is 6.72. The zero-order chi connectivity index (χ0) is 27.1. The Bertz CT molecular complexity index is 1700. The highest BCUT2D eigenvalue weighted by molar-refractivity contribution is 6.30. The molecule has 0 amide bonds. The summed E-state index contributed by atoms with van der Waals surface area (Å²) < 4.78 is 22.2. The van der Waals surface area contributed by atoms with Crippen molar-refractivity contribution in [3.8, 4) is 23.0 Å². The minimum Gasteiger partial charge on any atom is -0.384 e. The van der Waals surface area contributed by atoms with Crippen LogP contribution in [0.5, 0.6) is 0 Å². The van der Waals surface area contributed by atoms with Crippen molar-refractivity contribution in [2.24, 2.45) is 11.8 Å². The number of hydrogen-bond donors (Lipinski definition) is 1. The minimum atomic E-state index is -0.717. The molecule has 5 aromatic rings. The Labute approximate surface area is 228 Å². The fourth-order valence-electron chi connectivity index (χ4n) is 5.47. The molecular weight excluding hydrogens is 521 g/mol. The van der Waals surface area contributed by atoms with E-state index in [1.54, 1.807) is 30.6 Å². The number of fused-ring (bicyclic) bond motifs is 1. The number of H-pyrrole nitrogens is 1. The Morgan fingerprint density at radius 1 is 1.15 bits per heavy atom. The first kappa shape index (κ1) is 25.4. The number of aromatic amines is 1. The molecule has 0 aliphatic heterocycles. The van der Waals surface area contributed by atoms with Gasteiger partial charge in [0.05, 0.1) is 5.02 Å². The SMILES string of the molecule is CC(c1ccccc1F)c1nc2nc(-c3n[nH]c(=O)o3)nc(-c3cncc(Cl)c3)c2n1C[C@H]1CC[C@H](C)CC1. The number of hydrogen-bond acceptors (Lipinski definition) is 7. The molecule has 6 rings (SSSR count). The van der Waals surface area contributed by atoms with Crippen LogP contribution in [0.1, 0.15) is 56.8 Å². The van der Waals surface area contributed by atoms with Gasteiger partial charge in [-0.15, -0.1) is 5.10 Å². The topological polar surface area (TPSA) is 115 Å². The normalized spacial score (nSPS) is 18.5. The number of imidazole rings is 1. The summed E-state index contributed by atoms with van der Waals surface area (Å²) in [5.41, 5.74) is 2.81. The van der Waals surface area contributed by atoms with E-state index < -0.39 is 5.76 Å². The van der Waals surface area contributed by atoms with E-state index in [9.17, 15) is 9.18 Å². The van der Waals surface area contributed by atoms with E-state index in [1.807, 2.05) is 13.0 Å². The average molecular weight is 548 g/mol. The Morgan fingerprint density at radius 2 is 1.95 bits per heavy atom. The van der Waals surface area contributed by atoms with Crippen LogP contribution >= 0.6 is 11.6 Å². The molecule has 1 saturated carbocycles. The van der Waals surface area contributed by atoms with Gasteiger partial charge < -0.3 is 8.98 Å². The molecule has 1 aliphatic carbocycles. The van der Waals surface area contributed by atoms with Crippen LogP contribution in [0.25, 0.3) is 34.1 Å². The van der Waals surface area contributed by atoms with Crippen molar-refractivity contribution < 1.29 is 8.81 Å². The van der Waals surface area contributed by atoms with E-state index in [-0.39, 0.29) is 23.5 Å². The van der Waals surface area contributed by atoms with Crippen LogP contribution in [-0.4, -0.2) is 34.7 Å². The zero-order valence-electron chi connectivity index (χ0n) is 21.6. The molecule has 0 bridgehead atoms. The first-order valence-corrected chi connectivity index (χ1v) is 13.4. The van der Waals surface area contributed by atoms with Crippen LogP contribution < -0.4 is 5.76 Å². The summed E-state index contributed by atoms with van der Waals surface area (Å²) in [4.78, 5) is 30.3. The molecule has 1 fully saturated rings. The molecule has 0 saturated heterocycles. The zero-order valence-corrected chi connectivity index (χ0v) is 22.3. The number of nitrogens with one attached hydrogen (secondary N) is 1. The van der Waals surface area contributed by atoms with Gasteiger partial charge in [-0.05, 0) is 42.4 Å². The lowest BCUT2D eigenvalue weighted by atomic mass is 9.83. The lowest BCUT2D eigenvalue weighted by molar-refractivity contribution is 0.264. The van der Waals surface area contributed by atoms with E-state index in [4.69, 9.17) is 26.0 Å². The van der Waals surface area contributed by atoms with Crippen molar-refractivity contribution in [3.05, 3.63) is 75.5 Å². The van der Waals surface area contributed by atoms with Gasteiger partial charge >= 0.3 is 5.76 Å². The fourth-order valence-corrected chi connectivity index (χ4v) is 5.64. The van der Waals surface area contributed by atoms with Gasteiger partial charge in [-0.1, -0.05) is 56.5 Å². The summed E-state index contributed by atoms with van der Waals surface area (Å²) in [6.45, 7) is 4.93. The van der Waals surface area contributed by atoms with Gasteiger partial charge in [0.25, 0.3) is 5.89 Å². The average Bonchev–Trinajstić information content (AvgIpc) is 3.53. The third kappa shape index (κ3) is 4.96. The van der Waals surface area contributed by atoms with Crippen LogP contribution in [0.3, 0.4) is 0 Å². The predicted octanol–water partition coefficient (Wildman–Crippen LogP) is 6.00. The standard InChI is InChI=1S/C28H27ClFN7O2/c1-15-7-9-17(10-8-15)14-37-23-22(18-11-19(29)13-31-12-18)32-25(27-35-36-28(38)39-27)33-24(23)34-26(37)16(2)20-5-3-4-6-21(20)30/h3-6,11-13,15-17H,7-10,14H2,1-2H3,(H,36,38)/t15-,16?,17-. The first-order chi connectivity index (χ1) is 18.9. The van der Waals surface area contributed by atoms with Gasteiger partial charge in [0, 0.05) is 30.4 Å². The Morgan fingerprint density at radius 3 is 2.67 bits per heavy atom. The van der Waals surface area contributed by atoms with Crippen molar-refractivity contribution in [1.82, 2.24) is 34.7 Å². The highest BCUT2D eigenvalue weighted by Crippen LogP contribution is 2.37. The molecule has 1 aliphatic rings. The van der Waals surface area contributed by atoms with Gasteiger partial charge in [-0.2, -0.15) is 0 Å². The second-order valence-corrected chi connectivity index (χ2v) is 10.8. The monoisotopic (exact) mass is 547 g/mol. The third-order valence-electron chi connectivity index (χ3n) is 7.58. The van der Waals surface area contributed by atoms with Crippen LogP contribution in [0, 0.1) is 17.7 Å². The molecule has 1 aromatic carbocycles. The van der Waals surface area contributed by atoms with E-state index in [0.29, 0.717) is 57.2 Å². The molecule has 0 spiro atoms. The van der Waals surface area contributed by atoms with Gasteiger partial charge in [0.15, 0.2) is 5.65 Å². The molecule has 1 N–H and O–H groups in total. The molecule has 39 heavy (non-hydrogen) atoms. The molecule has 1 atom stereocenters. The highest BCUT2D eigenvalue weighted by Gasteiger charge is 2.28. The molecule has 200 valence electrons. The Hall–Kier alpha value is -3.92. The van der Waals surface area contributed by atoms with E-state index in [1.165, 1.54) is 18.9 Å². The molecular formula is C28H27ClFN7O2. The maximum atomic E-state index is 14.9. The van der Waals surface area contributed by atoms with Crippen LogP contribution in [0.15, 0.2) is 51.9 Å². The summed E-state index contributed by atoms with van der Waals surface area (Å²) >= 11 is 6.32. The van der Waals surface area contributed by atoms with Gasteiger partial charge in [-0.3, -0.25) is 4.98 Å². The molecule has 4 aromatic heterocycles. The summed E-state index contributed by atoms with van der Waals surface area (Å²) in [6.07, 6.45) is 7.74. The maximum absolute atomic E-state index is 14.9. The Balaban J connectivity index is 1.60. The second kappa shape index (κ2) is 10.3. The van der Waals surface area contributed by atoms with Crippen molar-refractivity contribution in [2.75, 3.05) is 0 Å². The summed E-state index contributed by atoms with van der Waals surface area (Å²) in [5, 5.41) is 6.61. The van der Waals surface area contributed by atoms with E-state index in [2.05, 4.69) is 31.7 Å². The fraction of sp³-hybridized carbons (Fsp3) is 0.357. The lowest BCUT2D eigenvalue weighted by Crippen LogP contribution is -2.20. The minimum absolute atomic E-state index is 0.0577. The van der Waals surface area contributed by atoms with Crippen LogP contribution in [-0.2, 0) is 6.54 Å². The van der Waals surface area contributed by atoms with Crippen molar-refractivity contribution in [1.29, 1.82) is 0 Å². The van der Waals surface area contributed by atoms with Crippen LogP contribution in [0.4, 0.5) is 4.39 Å². The molecule has 4 heterocycles. The van der Waals surface area contributed by atoms with Gasteiger partial charge in [0.2, 0.25) is 5.82 Å². The number of pyridine rings is 1. The molecule has 9 nitrogen and oxygen atoms in total. The largest absolute Gasteiger partial charge is 0.434 e. The molecule has 11 heteroatoms.